The molecule has 0 saturated heterocycles. The predicted molar refractivity (Wildman–Crippen MR) is 57.1 cm³/mol. The van der Waals surface area contributed by atoms with Crippen molar-refractivity contribution in [1.29, 1.82) is 0 Å². The third-order valence-corrected chi connectivity index (χ3v) is 2.19. The average molecular weight is 203 g/mol. The number of rotatable bonds is 3. The number of nitrogens with two attached hydrogens (primary N) is 1. The molecule has 0 unspecified atom stereocenters. The Morgan fingerprint density at radius 2 is 2.27 bits per heavy atom. The Morgan fingerprint density at radius 3 is 2.80 bits per heavy atom. The van der Waals surface area contributed by atoms with E-state index in [9.17, 15) is 0 Å². The highest BCUT2D eigenvalue weighted by atomic mass is 15.2. The second-order valence-corrected chi connectivity index (χ2v) is 3.33. The van der Waals surface area contributed by atoms with Gasteiger partial charge in [0.2, 0.25) is 0 Å². The summed E-state index contributed by atoms with van der Waals surface area (Å²) >= 11 is 0. The van der Waals surface area contributed by atoms with Crippen LogP contribution in [0.1, 0.15) is 11.4 Å². The van der Waals surface area contributed by atoms with Crippen molar-refractivity contribution in [3.05, 3.63) is 29.8 Å². The van der Waals surface area contributed by atoms with E-state index in [-0.39, 0.29) is 0 Å². The molecule has 3 N–H and O–H groups in total. The third-order valence-electron chi connectivity index (χ3n) is 2.19. The number of hydrogen-bond acceptors (Lipinski definition) is 4. The zero-order valence-corrected chi connectivity index (χ0v) is 8.57. The summed E-state index contributed by atoms with van der Waals surface area (Å²) in [7, 11) is 0. The molecule has 0 aliphatic carbocycles. The minimum atomic E-state index is 0.544. The van der Waals surface area contributed by atoms with Gasteiger partial charge in [-0.15, -0.1) is 10.2 Å². The minimum absolute atomic E-state index is 0.544. The topological polar surface area (TPSA) is 80.5 Å². The van der Waals surface area contributed by atoms with E-state index in [0.29, 0.717) is 18.8 Å². The van der Waals surface area contributed by atoms with E-state index in [1.54, 1.807) is 6.20 Å². The molecule has 0 fully saturated rings. The maximum Gasteiger partial charge on any atom is 0.152 e. The molecular weight excluding hydrogens is 190 g/mol. The van der Waals surface area contributed by atoms with Crippen LogP contribution in [0.3, 0.4) is 0 Å². The van der Waals surface area contributed by atoms with Crippen molar-refractivity contribution in [3.8, 4) is 11.4 Å². The second-order valence-electron chi connectivity index (χ2n) is 3.33. The minimum Gasteiger partial charge on any atom is -0.360 e. The maximum absolute atomic E-state index is 5.40. The number of aromatic amines is 1. The molecule has 0 bridgehead atoms. The molecule has 0 aliphatic rings. The number of aryl methyl sites for hydroxylation is 1. The van der Waals surface area contributed by atoms with Crippen LogP contribution in [0.25, 0.3) is 11.4 Å². The van der Waals surface area contributed by atoms with Crippen LogP contribution in [0.15, 0.2) is 18.5 Å². The van der Waals surface area contributed by atoms with Crippen LogP contribution in [0.2, 0.25) is 0 Å². The summed E-state index contributed by atoms with van der Waals surface area (Å²) in [6.07, 6.45) is 4.26. The number of nitrogens with zero attached hydrogens (tertiary/aromatic N) is 3. The zero-order valence-electron chi connectivity index (χ0n) is 8.57. The molecule has 15 heavy (non-hydrogen) atoms. The molecule has 2 aromatic heterocycles. The zero-order chi connectivity index (χ0) is 10.7. The van der Waals surface area contributed by atoms with Crippen molar-refractivity contribution in [1.82, 2.24) is 20.2 Å². The molecule has 0 radical (unpaired) electrons. The number of nitrogens with one attached hydrogen (secondary N) is 1. The van der Waals surface area contributed by atoms with Crippen LogP contribution in [0.5, 0.6) is 0 Å². The highest BCUT2D eigenvalue weighted by molar-refractivity contribution is 5.57. The quantitative estimate of drug-likeness (QED) is 0.768. The van der Waals surface area contributed by atoms with Gasteiger partial charge in [0.05, 0.1) is 11.9 Å². The van der Waals surface area contributed by atoms with Gasteiger partial charge in [-0.3, -0.25) is 0 Å². The summed E-state index contributed by atoms with van der Waals surface area (Å²) < 4.78 is 0. The molecule has 2 heterocycles. The molecule has 78 valence electrons. The summed E-state index contributed by atoms with van der Waals surface area (Å²) in [6.45, 7) is 2.56. The van der Waals surface area contributed by atoms with Crippen LogP contribution in [-0.2, 0) is 6.42 Å². The fourth-order valence-corrected chi connectivity index (χ4v) is 1.38. The number of aromatic nitrogens is 4. The normalized spacial score (nSPS) is 10.5. The lowest BCUT2D eigenvalue weighted by Gasteiger charge is -1.99. The van der Waals surface area contributed by atoms with Crippen molar-refractivity contribution < 1.29 is 0 Å². The van der Waals surface area contributed by atoms with E-state index in [0.717, 1.165) is 17.0 Å². The largest absolute Gasteiger partial charge is 0.360 e. The molecule has 0 amide bonds. The molecule has 0 aromatic carbocycles. The molecule has 0 saturated carbocycles. The van der Waals surface area contributed by atoms with E-state index in [4.69, 9.17) is 5.73 Å². The molecule has 2 aromatic rings. The van der Waals surface area contributed by atoms with E-state index in [1.807, 2.05) is 19.2 Å². The van der Waals surface area contributed by atoms with E-state index in [2.05, 4.69) is 20.2 Å². The molecule has 0 aliphatic heterocycles. The summed E-state index contributed by atoms with van der Waals surface area (Å²) in [5, 5.41) is 8.11. The van der Waals surface area contributed by atoms with E-state index >= 15 is 0 Å². The van der Waals surface area contributed by atoms with Gasteiger partial charge in [0.25, 0.3) is 0 Å². The highest BCUT2D eigenvalue weighted by Crippen LogP contribution is 2.16. The second kappa shape index (κ2) is 4.18. The van der Waals surface area contributed by atoms with Gasteiger partial charge in [-0.2, -0.15) is 0 Å². The Labute approximate surface area is 87.8 Å². The SMILES string of the molecule is Cc1cc[nH]c1-c1cnc(CCN)nn1. The van der Waals surface area contributed by atoms with Crippen LogP contribution < -0.4 is 5.73 Å². The standard InChI is InChI=1S/C10H13N5/c1-7-3-5-12-10(7)8-6-13-9(2-4-11)15-14-8/h3,5-6,12H,2,4,11H2,1H3. The van der Waals surface area contributed by atoms with Gasteiger partial charge in [-0.25, -0.2) is 4.98 Å². The van der Waals surface area contributed by atoms with E-state index in [1.165, 1.54) is 0 Å². The van der Waals surface area contributed by atoms with Gasteiger partial charge >= 0.3 is 0 Å². The first kappa shape index (κ1) is 9.79. The smallest absolute Gasteiger partial charge is 0.152 e. The summed E-state index contributed by atoms with van der Waals surface area (Å²) in [5.74, 6) is 0.686. The Hall–Kier alpha value is -1.75. The Morgan fingerprint density at radius 1 is 1.40 bits per heavy atom. The van der Waals surface area contributed by atoms with Crippen molar-refractivity contribution in [2.24, 2.45) is 5.73 Å². The third kappa shape index (κ3) is 2.02. The molecule has 0 spiro atoms. The van der Waals surface area contributed by atoms with Crippen LogP contribution in [0.4, 0.5) is 0 Å². The van der Waals surface area contributed by atoms with Crippen molar-refractivity contribution in [3.63, 3.8) is 0 Å². The van der Waals surface area contributed by atoms with Crippen LogP contribution >= 0.6 is 0 Å². The van der Waals surface area contributed by atoms with Crippen LogP contribution in [0, 0.1) is 6.92 Å². The lowest BCUT2D eigenvalue weighted by Crippen LogP contribution is -2.07. The summed E-state index contributed by atoms with van der Waals surface area (Å²) in [5.41, 5.74) is 8.27. The Kier molecular flexibility index (Phi) is 2.73. The van der Waals surface area contributed by atoms with Gasteiger partial charge < -0.3 is 10.7 Å². The average Bonchev–Trinajstić information content (AvgIpc) is 2.66. The van der Waals surface area contributed by atoms with E-state index < -0.39 is 0 Å². The fraction of sp³-hybridized carbons (Fsp3) is 0.300. The lowest BCUT2D eigenvalue weighted by molar-refractivity contribution is 0.811. The molecule has 5 nitrogen and oxygen atoms in total. The molecular formula is C10H13N5. The van der Waals surface area contributed by atoms with Gasteiger partial charge in [0.15, 0.2) is 5.82 Å². The summed E-state index contributed by atoms with van der Waals surface area (Å²) in [4.78, 5) is 7.30. The van der Waals surface area contributed by atoms with Crippen LogP contribution in [-0.4, -0.2) is 26.7 Å². The predicted octanol–water partition coefficient (Wildman–Crippen LogP) is 0.676. The number of hydrogen-bond donors (Lipinski definition) is 2. The van der Waals surface area contributed by atoms with Gasteiger partial charge in [-0.05, 0) is 25.1 Å². The first-order valence-electron chi connectivity index (χ1n) is 4.84. The first-order valence-corrected chi connectivity index (χ1v) is 4.84. The Bertz CT molecular complexity index is 431. The first-order chi connectivity index (χ1) is 7.31. The van der Waals surface area contributed by atoms with Gasteiger partial charge in [0.1, 0.15) is 5.69 Å². The Balaban J connectivity index is 2.28. The fourth-order valence-electron chi connectivity index (χ4n) is 1.38. The maximum atomic E-state index is 5.40. The molecule has 2 rings (SSSR count). The van der Waals surface area contributed by atoms with Crippen molar-refractivity contribution in [2.75, 3.05) is 6.54 Å². The molecule has 0 atom stereocenters. The van der Waals surface area contributed by atoms with Crippen molar-refractivity contribution in [2.45, 2.75) is 13.3 Å². The summed E-state index contributed by atoms with van der Waals surface area (Å²) in [6, 6.07) is 1.99. The van der Waals surface area contributed by atoms with Crippen molar-refractivity contribution >= 4 is 0 Å². The number of H-pyrrole nitrogens is 1. The van der Waals surface area contributed by atoms with Gasteiger partial charge in [0, 0.05) is 12.6 Å². The molecule has 5 heteroatoms. The van der Waals surface area contributed by atoms with Gasteiger partial charge in [-0.1, -0.05) is 0 Å². The highest BCUT2D eigenvalue weighted by Gasteiger charge is 2.05. The monoisotopic (exact) mass is 203 g/mol. The lowest BCUT2D eigenvalue weighted by atomic mass is 10.2.